The van der Waals surface area contributed by atoms with Crippen LogP contribution in [0.1, 0.15) is 11.1 Å². The van der Waals surface area contributed by atoms with Crippen molar-refractivity contribution in [3.8, 4) is 0 Å². The van der Waals surface area contributed by atoms with E-state index in [0.717, 1.165) is 0 Å². The highest BCUT2D eigenvalue weighted by Crippen LogP contribution is 2.20. The third-order valence-electron chi connectivity index (χ3n) is 1.92. The molecule has 1 aromatic carbocycles. The summed E-state index contributed by atoms with van der Waals surface area (Å²) < 4.78 is 31.1. The molecule has 0 aliphatic rings. The highest BCUT2D eigenvalue weighted by Gasteiger charge is 2.17. The average molecular weight is 235 g/mol. The summed E-state index contributed by atoms with van der Waals surface area (Å²) in [4.78, 5) is -0.0133. The number of hydrogen-bond donors (Lipinski definition) is 1. The molecule has 0 bridgehead atoms. The van der Waals surface area contributed by atoms with Gasteiger partial charge in [-0.25, -0.2) is 0 Å². The number of halogens is 1. The molecule has 0 saturated heterocycles. The minimum absolute atomic E-state index is 0.0133. The van der Waals surface area contributed by atoms with Gasteiger partial charge in [0.1, 0.15) is 4.90 Å². The van der Waals surface area contributed by atoms with Gasteiger partial charge in [-0.05, 0) is 24.5 Å². The summed E-state index contributed by atoms with van der Waals surface area (Å²) in [7, 11) is -4.14. The maximum absolute atomic E-state index is 11.1. The van der Waals surface area contributed by atoms with E-state index in [0.29, 0.717) is 23.4 Å². The first-order chi connectivity index (χ1) is 6.46. The van der Waals surface area contributed by atoms with Crippen molar-refractivity contribution in [1.29, 1.82) is 0 Å². The molecule has 1 N–H and O–H groups in total. The Hall–Kier alpha value is -0.580. The van der Waals surface area contributed by atoms with Crippen LogP contribution in [0.2, 0.25) is 0 Å². The Labute approximate surface area is 88.5 Å². The van der Waals surface area contributed by atoms with Crippen LogP contribution in [0.3, 0.4) is 0 Å². The van der Waals surface area contributed by atoms with E-state index >= 15 is 0 Å². The smallest absolute Gasteiger partial charge is 0.282 e. The van der Waals surface area contributed by atoms with Gasteiger partial charge >= 0.3 is 0 Å². The summed E-state index contributed by atoms with van der Waals surface area (Å²) in [6.07, 6.45) is 0.429. The van der Waals surface area contributed by atoms with Crippen LogP contribution in [-0.4, -0.2) is 18.9 Å². The number of rotatable bonds is 3. The summed E-state index contributed by atoms with van der Waals surface area (Å²) in [6.45, 7) is 1.64. The highest BCUT2D eigenvalue weighted by atomic mass is 35.5. The van der Waals surface area contributed by atoms with E-state index in [1.165, 1.54) is 0 Å². The first kappa shape index (κ1) is 11.5. The zero-order valence-electron chi connectivity index (χ0n) is 7.70. The van der Waals surface area contributed by atoms with Crippen molar-refractivity contribution >= 4 is 21.7 Å². The molecule has 0 heterocycles. The molecule has 1 rings (SSSR count). The van der Waals surface area contributed by atoms with Crippen molar-refractivity contribution in [3.05, 3.63) is 29.3 Å². The second kappa shape index (κ2) is 4.29. The highest BCUT2D eigenvalue weighted by molar-refractivity contribution is 7.86. The third kappa shape index (κ3) is 2.47. The molecular weight excluding hydrogens is 224 g/mol. The third-order valence-corrected chi connectivity index (χ3v) is 3.20. The largest absolute Gasteiger partial charge is 0.295 e. The molecule has 0 aliphatic heterocycles. The summed E-state index contributed by atoms with van der Waals surface area (Å²) >= 11 is 5.53. The fourth-order valence-corrected chi connectivity index (χ4v) is 2.56. The van der Waals surface area contributed by atoms with Gasteiger partial charge in [-0.2, -0.15) is 8.42 Å². The minimum atomic E-state index is -4.14. The van der Waals surface area contributed by atoms with E-state index in [2.05, 4.69) is 0 Å². The predicted octanol–water partition coefficient (Wildman–Crippen LogP) is 2.02. The summed E-state index contributed by atoms with van der Waals surface area (Å²) in [5.41, 5.74) is 1.10. The average Bonchev–Trinajstić information content (AvgIpc) is 2.02. The minimum Gasteiger partial charge on any atom is -0.282 e. The van der Waals surface area contributed by atoms with Crippen molar-refractivity contribution in [1.82, 2.24) is 0 Å². The quantitative estimate of drug-likeness (QED) is 0.643. The standard InChI is InChI=1S/C9H11ClO3S/c1-7-3-2-4-8(5-6-10)9(7)14(11,12)13/h2-4H,5-6H2,1H3,(H,11,12,13). The molecule has 0 aromatic heterocycles. The maximum atomic E-state index is 11.1. The fraction of sp³-hybridized carbons (Fsp3) is 0.333. The lowest BCUT2D eigenvalue weighted by molar-refractivity contribution is 0.481. The van der Waals surface area contributed by atoms with E-state index in [4.69, 9.17) is 16.2 Å². The predicted molar refractivity (Wildman–Crippen MR) is 55.4 cm³/mol. The second-order valence-corrected chi connectivity index (χ2v) is 4.71. The molecule has 0 aliphatic carbocycles. The van der Waals surface area contributed by atoms with E-state index in [-0.39, 0.29) is 4.90 Å². The molecule has 0 spiro atoms. The first-order valence-corrected chi connectivity index (χ1v) is 6.06. The zero-order chi connectivity index (χ0) is 10.8. The van der Waals surface area contributed by atoms with Gasteiger partial charge in [0.05, 0.1) is 0 Å². The molecule has 0 radical (unpaired) electrons. The number of alkyl halides is 1. The molecule has 0 atom stereocenters. The number of benzene rings is 1. The summed E-state index contributed by atoms with van der Waals surface area (Å²) in [6, 6.07) is 5.03. The Morgan fingerprint density at radius 1 is 1.43 bits per heavy atom. The monoisotopic (exact) mass is 234 g/mol. The lowest BCUT2D eigenvalue weighted by Gasteiger charge is -2.07. The lowest BCUT2D eigenvalue weighted by atomic mass is 10.1. The van der Waals surface area contributed by atoms with Crippen molar-refractivity contribution in [2.24, 2.45) is 0 Å². The van der Waals surface area contributed by atoms with Crippen LogP contribution in [-0.2, 0) is 16.5 Å². The molecule has 0 unspecified atom stereocenters. The van der Waals surface area contributed by atoms with Gasteiger partial charge in [0, 0.05) is 5.88 Å². The van der Waals surface area contributed by atoms with E-state index in [9.17, 15) is 8.42 Å². The van der Waals surface area contributed by atoms with Crippen LogP contribution < -0.4 is 0 Å². The SMILES string of the molecule is Cc1cccc(CCCl)c1S(=O)(=O)O. The number of aryl methyl sites for hydroxylation is 2. The van der Waals surface area contributed by atoms with Crippen LogP contribution >= 0.6 is 11.6 Å². The van der Waals surface area contributed by atoms with Crippen molar-refractivity contribution in [2.75, 3.05) is 5.88 Å². The van der Waals surface area contributed by atoms with E-state index in [1.807, 2.05) is 0 Å². The van der Waals surface area contributed by atoms with Gasteiger partial charge < -0.3 is 0 Å². The van der Waals surface area contributed by atoms with Gasteiger partial charge in [0.2, 0.25) is 0 Å². The zero-order valence-corrected chi connectivity index (χ0v) is 9.27. The molecule has 0 saturated carbocycles. The van der Waals surface area contributed by atoms with Crippen LogP contribution in [0.4, 0.5) is 0 Å². The molecule has 14 heavy (non-hydrogen) atoms. The summed E-state index contributed by atoms with van der Waals surface area (Å²) in [5, 5.41) is 0. The molecule has 3 nitrogen and oxygen atoms in total. The van der Waals surface area contributed by atoms with Crippen LogP contribution in [0.5, 0.6) is 0 Å². The molecule has 0 amide bonds. The van der Waals surface area contributed by atoms with Crippen molar-refractivity contribution in [2.45, 2.75) is 18.2 Å². The van der Waals surface area contributed by atoms with Gasteiger partial charge in [-0.15, -0.1) is 11.6 Å². The lowest BCUT2D eigenvalue weighted by Crippen LogP contribution is -2.06. The van der Waals surface area contributed by atoms with Crippen molar-refractivity contribution in [3.63, 3.8) is 0 Å². The van der Waals surface area contributed by atoms with Gasteiger partial charge in [0.25, 0.3) is 10.1 Å². The molecule has 78 valence electrons. The van der Waals surface area contributed by atoms with Gasteiger partial charge in [-0.1, -0.05) is 18.2 Å². The van der Waals surface area contributed by atoms with Crippen LogP contribution in [0.25, 0.3) is 0 Å². The normalized spacial score (nSPS) is 11.6. The topological polar surface area (TPSA) is 54.4 Å². The number of hydrogen-bond acceptors (Lipinski definition) is 2. The Morgan fingerprint density at radius 2 is 2.07 bits per heavy atom. The molecule has 0 fully saturated rings. The Morgan fingerprint density at radius 3 is 2.57 bits per heavy atom. The van der Waals surface area contributed by atoms with Gasteiger partial charge in [-0.3, -0.25) is 4.55 Å². The molecule has 5 heteroatoms. The summed E-state index contributed by atoms with van der Waals surface area (Å²) in [5.74, 6) is 0.325. The maximum Gasteiger partial charge on any atom is 0.295 e. The van der Waals surface area contributed by atoms with Gasteiger partial charge in [0.15, 0.2) is 0 Å². The Balaban J connectivity index is 3.37. The van der Waals surface area contributed by atoms with Crippen molar-refractivity contribution < 1.29 is 13.0 Å². The second-order valence-electron chi connectivity index (χ2n) is 2.98. The fourth-order valence-electron chi connectivity index (χ4n) is 1.38. The molecule has 1 aromatic rings. The van der Waals surface area contributed by atoms with Crippen LogP contribution in [0.15, 0.2) is 23.1 Å². The Kier molecular flexibility index (Phi) is 3.53. The first-order valence-electron chi connectivity index (χ1n) is 4.08. The van der Waals surface area contributed by atoms with Crippen LogP contribution in [0, 0.1) is 6.92 Å². The Bertz CT molecular complexity index is 426. The van der Waals surface area contributed by atoms with E-state index in [1.54, 1.807) is 25.1 Å². The molecular formula is C9H11ClO3S. The van der Waals surface area contributed by atoms with E-state index < -0.39 is 10.1 Å².